The van der Waals surface area contributed by atoms with Gasteiger partial charge in [-0.2, -0.15) is 0 Å². The number of benzene rings is 1. The second kappa shape index (κ2) is 7.82. The Morgan fingerprint density at radius 2 is 2.15 bits per heavy atom. The van der Waals surface area contributed by atoms with E-state index in [0.717, 1.165) is 36.2 Å². The average Bonchev–Trinajstić information content (AvgIpc) is 2.48. The van der Waals surface area contributed by atoms with Crippen LogP contribution in [-0.4, -0.2) is 37.9 Å². The number of methoxy groups -OCH3 is 1. The van der Waals surface area contributed by atoms with Gasteiger partial charge in [0.05, 0.1) is 12.1 Å². The van der Waals surface area contributed by atoms with Gasteiger partial charge < -0.3 is 14.8 Å². The molecule has 1 aromatic carbocycles. The molecule has 1 heterocycles. The number of hydrogen-bond donors (Lipinski definition) is 1. The Kier molecular flexibility index (Phi) is 5.77. The van der Waals surface area contributed by atoms with Gasteiger partial charge in [-0.05, 0) is 37.2 Å². The van der Waals surface area contributed by atoms with E-state index in [0.29, 0.717) is 6.61 Å². The lowest BCUT2D eigenvalue weighted by Crippen LogP contribution is -2.35. The predicted octanol–water partition coefficient (Wildman–Crippen LogP) is 2.63. The van der Waals surface area contributed by atoms with Crippen LogP contribution in [0.15, 0.2) is 36.5 Å². The highest BCUT2D eigenvalue weighted by Gasteiger charge is 2.12. The van der Waals surface area contributed by atoms with Crippen molar-refractivity contribution in [3.63, 3.8) is 0 Å². The van der Waals surface area contributed by atoms with E-state index in [9.17, 15) is 0 Å². The molecule has 1 aromatic heterocycles. The Morgan fingerprint density at radius 1 is 1.25 bits per heavy atom. The summed E-state index contributed by atoms with van der Waals surface area (Å²) in [7, 11) is 1.70. The Balaban J connectivity index is 2.11. The first kappa shape index (κ1) is 14.8. The highest BCUT2D eigenvalue weighted by molar-refractivity contribution is 5.84. The fourth-order valence-corrected chi connectivity index (χ4v) is 2.12. The maximum absolute atomic E-state index is 6.09. The van der Waals surface area contributed by atoms with Gasteiger partial charge in [0.25, 0.3) is 0 Å². The number of ether oxygens (including phenoxy) is 2. The number of aromatic nitrogens is 1. The van der Waals surface area contributed by atoms with Crippen molar-refractivity contribution in [3.05, 3.63) is 36.5 Å². The second-order valence-corrected chi connectivity index (χ2v) is 4.73. The molecule has 2 rings (SSSR count). The van der Waals surface area contributed by atoms with Gasteiger partial charge in [0.1, 0.15) is 11.9 Å². The molecule has 108 valence electrons. The summed E-state index contributed by atoms with van der Waals surface area (Å²) in [5, 5.41) is 4.40. The molecule has 0 saturated carbocycles. The molecule has 1 N–H and O–H groups in total. The Hall–Kier alpha value is -1.65. The fourth-order valence-electron chi connectivity index (χ4n) is 2.12. The zero-order valence-corrected chi connectivity index (χ0v) is 12.1. The van der Waals surface area contributed by atoms with Gasteiger partial charge in [-0.15, -0.1) is 0 Å². The molecule has 0 radical (unpaired) electrons. The van der Waals surface area contributed by atoms with Crippen LogP contribution < -0.4 is 10.1 Å². The van der Waals surface area contributed by atoms with Gasteiger partial charge in [-0.25, -0.2) is 0 Å². The first-order valence-electron chi connectivity index (χ1n) is 7.05. The molecule has 4 heteroatoms. The highest BCUT2D eigenvalue weighted by atomic mass is 16.5. The Labute approximate surface area is 120 Å². The van der Waals surface area contributed by atoms with Crippen LogP contribution in [0.25, 0.3) is 10.9 Å². The van der Waals surface area contributed by atoms with E-state index >= 15 is 0 Å². The molecule has 0 fully saturated rings. The average molecular weight is 274 g/mol. The Morgan fingerprint density at radius 3 is 2.95 bits per heavy atom. The minimum atomic E-state index is -0.00245. The van der Waals surface area contributed by atoms with E-state index < -0.39 is 0 Å². The van der Waals surface area contributed by atoms with E-state index in [1.807, 2.05) is 30.3 Å². The summed E-state index contributed by atoms with van der Waals surface area (Å²) < 4.78 is 11.3. The topological polar surface area (TPSA) is 43.4 Å². The second-order valence-electron chi connectivity index (χ2n) is 4.73. The van der Waals surface area contributed by atoms with Crippen molar-refractivity contribution >= 4 is 10.9 Å². The van der Waals surface area contributed by atoms with Crippen molar-refractivity contribution in [2.24, 2.45) is 0 Å². The zero-order valence-electron chi connectivity index (χ0n) is 12.1. The summed E-state index contributed by atoms with van der Waals surface area (Å²) in [5.41, 5.74) is 0.947. The molecule has 1 atom stereocenters. The largest absolute Gasteiger partial charge is 0.486 e. The van der Waals surface area contributed by atoms with E-state index in [1.54, 1.807) is 13.3 Å². The normalized spacial score (nSPS) is 12.5. The number of hydrogen-bond acceptors (Lipinski definition) is 4. The third-order valence-corrected chi connectivity index (χ3v) is 3.05. The molecule has 1 unspecified atom stereocenters. The van der Waals surface area contributed by atoms with E-state index in [2.05, 4.69) is 17.2 Å². The molecule has 4 nitrogen and oxygen atoms in total. The standard InChI is InChI=1S/C16H22N2O2/c1-3-9-17-11-13(12-19-2)20-16-8-4-7-15-14(16)6-5-10-18-15/h4-8,10,13,17H,3,9,11-12H2,1-2H3. The van der Waals surface area contributed by atoms with Gasteiger partial charge in [0, 0.05) is 25.2 Å². The highest BCUT2D eigenvalue weighted by Crippen LogP contribution is 2.24. The molecule has 0 amide bonds. The van der Waals surface area contributed by atoms with Crippen LogP contribution in [0, 0.1) is 0 Å². The first-order valence-corrected chi connectivity index (χ1v) is 7.05. The number of rotatable bonds is 8. The quantitative estimate of drug-likeness (QED) is 0.752. The van der Waals surface area contributed by atoms with Crippen LogP contribution in [0.1, 0.15) is 13.3 Å². The molecule has 0 spiro atoms. The molecule has 20 heavy (non-hydrogen) atoms. The number of pyridine rings is 1. The molecule has 0 saturated heterocycles. The van der Waals surface area contributed by atoms with Crippen LogP contribution in [-0.2, 0) is 4.74 Å². The van der Waals surface area contributed by atoms with Crippen molar-refractivity contribution in [2.45, 2.75) is 19.4 Å². The lowest BCUT2D eigenvalue weighted by molar-refractivity contribution is 0.0817. The fraction of sp³-hybridized carbons (Fsp3) is 0.438. The zero-order chi connectivity index (χ0) is 14.2. The number of fused-ring (bicyclic) bond motifs is 1. The van der Waals surface area contributed by atoms with Crippen molar-refractivity contribution in [3.8, 4) is 5.75 Å². The van der Waals surface area contributed by atoms with E-state index in [-0.39, 0.29) is 6.10 Å². The van der Waals surface area contributed by atoms with Gasteiger partial charge in [-0.3, -0.25) is 4.98 Å². The molecular formula is C16H22N2O2. The lowest BCUT2D eigenvalue weighted by atomic mass is 10.2. The molecule has 0 aliphatic heterocycles. The Bertz CT molecular complexity index is 525. The van der Waals surface area contributed by atoms with Crippen LogP contribution in [0.4, 0.5) is 0 Å². The minimum Gasteiger partial charge on any atom is -0.486 e. The monoisotopic (exact) mass is 274 g/mol. The first-order chi connectivity index (χ1) is 9.85. The summed E-state index contributed by atoms with van der Waals surface area (Å²) in [4.78, 5) is 4.34. The maximum Gasteiger partial charge on any atom is 0.134 e. The van der Waals surface area contributed by atoms with Crippen LogP contribution in [0.3, 0.4) is 0 Å². The number of nitrogens with zero attached hydrogens (tertiary/aromatic N) is 1. The van der Waals surface area contributed by atoms with Crippen molar-refractivity contribution < 1.29 is 9.47 Å². The SMILES string of the molecule is CCCNCC(COC)Oc1cccc2ncccc12. The van der Waals surface area contributed by atoms with Gasteiger partial charge >= 0.3 is 0 Å². The van der Waals surface area contributed by atoms with Crippen LogP contribution in [0.2, 0.25) is 0 Å². The molecule has 0 bridgehead atoms. The smallest absolute Gasteiger partial charge is 0.134 e. The summed E-state index contributed by atoms with van der Waals surface area (Å²) in [6.07, 6.45) is 2.90. The van der Waals surface area contributed by atoms with Crippen LogP contribution in [0.5, 0.6) is 5.75 Å². The lowest BCUT2D eigenvalue weighted by Gasteiger charge is -2.20. The third-order valence-electron chi connectivity index (χ3n) is 3.05. The summed E-state index contributed by atoms with van der Waals surface area (Å²) in [6, 6.07) is 9.89. The summed E-state index contributed by atoms with van der Waals surface area (Å²) in [5.74, 6) is 0.857. The molecule has 0 aliphatic carbocycles. The minimum absolute atomic E-state index is 0.00245. The third kappa shape index (κ3) is 3.92. The van der Waals surface area contributed by atoms with E-state index in [4.69, 9.17) is 9.47 Å². The predicted molar refractivity (Wildman–Crippen MR) is 81.2 cm³/mol. The molecule has 0 aliphatic rings. The van der Waals surface area contributed by atoms with Crippen LogP contribution >= 0.6 is 0 Å². The van der Waals surface area contributed by atoms with Crippen molar-refractivity contribution in [2.75, 3.05) is 26.8 Å². The van der Waals surface area contributed by atoms with Gasteiger partial charge in [0.15, 0.2) is 0 Å². The summed E-state index contributed by atoms with van der Waals surface area (Å²) in [6.45, 7) is 4.47. The summed E-state index contributed by atoms with van der Waals surface area (Å²) >= 11 is 0. The molecule has 2 aromatic rings. The van der Waals surface area contributed by atoms with Gasteiger partial charge in [-0.1, -0.05) is 13.0 Å². The van der Waals surface area contributed by atoms with Crippen molar-refractivity contribution in [1.29, 1.82) is 0 Å². The number of nitrogens with one attached hydrogen (secondary N) is 1. The maximum atomic E-state index is 6.09. The van der Waals surface area contributed by atoms with Crippen molar-refractivity contribution in [1.82, 2.24) is 10.3 Å². The van der Waals surface area contributed by atoms with E-state index in [1.165, 1.54) is 0 Å². The van der Waals surface area contributed by atoms with Gasteiger partial charge in [0.2, 0.25) is 0 Å². The molecular weight excluding hydrogens is 252 g/mol.